The molecule has 0 heterocycles. The summed E-state index contributed by atoms with van der Waals surface area (Å²) in [7, 11) is 3.73. The third-order valence-corrected chi connectivity index (χ3v) is 3.56. The fourth-order valence-electron chi connectivity index (χ4n) is 1.92. The van der Waals surface area contributed by atoms with Crippen molar-refractivity contribution in [1.82, 2.24) is 5.32 Å². The van der Waals surface area contributed by atoms with Gasteiger partial charge in [-0.05, 0) is 45.0 Å². The first-order valence-electron chi connectivity index (χ1n) is 6.97. The van der Waals surface area contributed by atoms with Crippen LogP contribution in [0.1, 0.15) is 45.2 Å². The highest BCUT2D eigenvalue weighted by molar-refractivity contribution is 5.29. The minimum absolute atomic E-state index is 0.126. The van der Waals surface area contributed by atoms with Crippen LogP contribution in [0.4, 0.5) is 0 Å². The molecule has 0 fully saturated rings. The summed E-state index contributed by atoms with van der Waals surface area (Å²) in [6.45, 7) is 6.98. The SMILES string of the molecule is CCC(NC)c1ccc(OCCC(C)(C)OC)cc1. The summed E-state index contributed by atoms with van der Waals surface area (Å²) >= 11 is 0. The van der Waals surface area contributed by atoms with Gasteiger partial charge in [-0.25, -0.2) is 0 Å². The fraction of sp³-hybridized carbons (Fsp3) is 0.625. The van der Waals surface area contributed by atoms with Crippen LogP contribution >= 0.6 is 0 Å². The molecule has 1 aromatic carbocycles. The van der Waals surface area contributed by atoms with Crippen molar-refractivity contribution in [2.45, 2.75) is 45.3 Å². The van der Waals surface area contributed by atoms with Gasteiger partial charge >= 0.3 is 0 Å². The quantitative estimate of drug-likeness (QED) is 0.779. The topological polar surface area (TPSA) is 30.5 Å². The van der Waals surface area contributed by atoms with Crippen molar-refractivity contribution < 1.29 is 9.47 Å². The van der Waals surface area contributed by atoms with Crippen LogP contribution in [0.5, 0.6) is 5.75 Å². The number of methoxy groups -OCH3 is 1. The Bertz CT molecular complexity index is 356. The van der Waals surface area contributed by atoms with Gasteiger partial charge in [0.25, 0.3) is 0 Å². The van der Waals surface area contributed by atoms with E-state index in [4.69, 9.17) is 9.47 Å². The van der Waals surface area contributed by atoms with Crippen molar-refractivity contribution in [1.29, 1.82) is 0 Å². The number of benzene rings is 1. The predicted octanol–water partition coefficient (Wildman–Crippen LogP) is 3.55. The van der Waals surface area contributed by atoms with Crippen LogP contribution in [0, 0.1) is 0 Å². The Kier molecular flexibility index (Phi) is 6.32. The first kappa shape index (κ1) is 16.0. The normalized spacial score (nSPS) is 13.3. The van der Waals surface area contributed by atoms with E-state index in [1.807, 2.05) is 19.2 Å². The van der Waals surface area contributed by atoms with E-state index >= 15 is 0 Å². The van der Waals surface area contributed by atoms with Crippen LogP contribution in [0.25, 0.3) is 0 Å². The molecule has 0 radical (unpaired) electrons. The molecule has 0 amide bonds. The number of rotatable bonds is 8. The lowest BCUT2D eigenvalue weighted by Crippen LogP contribution is -2.25. The van der Waals surface area contributed by atoms with Crippen LogP contribution in [0.2, 0.25) is 0 Å². The van der Waals surface area contributed by atoms with Gasteiger partial charge in [-0.1, -0.05) is 19.1 Å². The standard InChI is InChI=1S/C16H27NO2/c1-6-15(17-4)13-7-9-14(10-8-13)19-12-11-16(2,3)18-5/h7-10,15,17H,6,11-12H2,1-5H3. The summed E-state index contributed by atoms with van der Waals surface area (Å²) in [6.07, 6.45) is 1.96. The lowest BCUT2D eigenvalue weighted by atomic mass is 10.0. The molecule has 0 aliphatic rings. The molecular formula is C16H27NO2. The van der Waals surface area contributed by atoms with Gasteiger partial charge < -0.3 is 14.8 Å². The van der Waals surface area contributed by atoms with Gasteiger partial charge in [0, 0.05) is 19.6 Å². The Hall–Kier alpha value is -1.06. The maximum absolute atomic E-state index is 5.75. The first-order valence-corrected chi connectivity index (χ1v) is 6.97. The molecule has 1 unspecified atom stereocenters. The lowest BCUT2D eigenvalue weighted by molar-refractivity contribution is 0.00545. The largest absolute Gasteiger partial charge is 0.493 e. The third kappa shape index (κ3) is 5.21. The van der Waals surface area contributed by atoms with Crippen molar-refractivity contribution in [3.8, 4) is 5.75 Å². The van der Waals surface area contributed by atoms with Gasteiger partial charge in [0.2, 0.25) is 0 Å². The van der Waals surface area contributed by atoms with E-state index in [0.29, 0.717) is 12.6 Å². The number of hydrogen-bond acceptors (Lipinski definition) is 3. The molecule has 0 bridgehead atoms. The molecule has 0 aromatic heterocycles. The summed E-state index contributed by atoms with van der Waals surface area (Å²) in [5.74, 6) is 0.918. The molecule has 0 saturated carbocycles. The van der Waals surface area contributed by atoms with E-state index in [1.54, 1.807) is 7.11 Å². The molecule has 0 aliphatic carbocycles. The van der Waals surface area contributed by atoms with Crippen LogP contribution < -0.4 is 10.1 Å². The summed E-state index contributed by atoms with van der Waals surface area (Å²) in [5.41, 5.74) is 1.17. The van der Waals surface area contributed by atoms with E-state index in [-0.39, 0.29) is 5.60 Å². The van der Waals surface area contributed by atoms with Gasteiger partial charge in [-0.2, -0.15) is 0 Å². The van der Waals surface area contributed by atoms with Crippen LogP contribution in [0.15, 0.2) is 24.3 Å². The molecule has 108 valence electrons. The van der Waals surface area contributed by atoms with Crippen molar-refractivity contribution in [3.05, 3.63) is 29.8 Å². The van der Waals surface area contributed by atoms with Crippen LogP contribution in [0.3, 0.4) is 0 Å². The summed E-state index contributed by atoms with van der Waals surface area (Å²) in [5, 5.41) is 3.30. The highest BCUT2D eigenvalue weighted by Crippen LogP contribution is 2.20. The highest BCUT2D eigenvalue weighted by atomic mass is 16.5. The molecule has 0 aliphatic heterocycles. The lowest BCUT2D eigenvalue weighted by Gasteiger charge is -2.22. The van der Waals surface area contributed by atoms with Crippen molar-refractivity contribution in [3.63, 3.8) is 0 Å². The Morgan fingerprint density at radius 1 is 1.21 bits per heavy atom. The minimum atomic E-state index is -0.126. The van der Waals surface area contributed by atoms with E-state index in [1.165, 1.54) is 5.56 Å². The van der Waals surface area contributed by atoms with E-state index in [2.05, 4.69) is 38.2 Å². The van der Waals surface area contributed by atoms with Crippen molar-refractivity contribution >= 4 is 0 Å². The van der Waals surface area contributed by atoms with E-state index in [0.717, 1.165) is 18.6 Å². The molecule has 0 spiro atoms. The van der Waals surface area contributed by atoms with Crippen molar-refractivity contribution in [2.24, 2.45) is 0 Å². The number of ether oxygens (including phenoxy) is 2. The molecule has 1 atom stereocenters. The van der Waals surface area contributed by atoms with Gasteiger partial charge in [-0.15, -0.1) is 0 Å². The van der Waals surface area contributed by atoms with Crippen molar-refractivity contribution in [2.75, 3.05) is 20.8 Å². The molecule has 19 heavy (non-hydrogen) atoms. The fourth-order valence-corrected chi connectivity index (χ4v) is 1.92. The Morgan fingerprint density at radius 2 is 1.84 bits per heavy atom. The molecule has 1 rings (SSSR count). The molecule has 1 N–H and O–H groups in total. The van der Waals surface area contributed by atoms with Gasteiger partial charge in [0.1, 0.15) is 5.75 Å². The summed E-state index contributed by atoms with van der Waals surface area (Å²) in [4.78, 5) is 0. The Labute approximate surface area is 117 Å². The van der Waals surface area contributed by atoms with Gasteiger partial charge in [0.15, 0.2) is 0 Å². The smallest absolute Gasteiger partial charge is 0.119 e. The summed E-state index contributed by atoms with van der Waals surface area (Å²) in [6, 6.07) is 8.74. The van der Waals surface area contributed by atoms with E-state index in [9.17, 15) is 0 Å². The third-order valence-electron chi connectivity index (χ3n) is 3.56. The van der Waals surface area contributed by atoms with Gasteiger partial charge in [-0.3, -0.25) is 0 Å². The predicted molar refractivity (Wildman–Crippen MR) is 79.7 cm³/mol. The molecule has 3 heteroatoms. The first-order chi connectivity index (χ1) is 9.02. The highest BCUT2D eigenvalue weighted by Gasteiger charge is 2.16. The second-order valence-corrected chi connectivity index (χ2v) is 5.38. The van der Waals surface area contributed by atoms with Crippen LogP contribution in [-0.4, -0.2) is 26.4 Å². The molecule has 1 aromatic rings. The Morgan fingerprint density at radius 3 is 2.32 bits per heavy atom. The minimum Gasteiger partial charge on any atom is -0.493 e. The zero-order chi connectivity index (χ0) is 14.3. The molecular weight excluding hydrogens is 238 g/mol. The van der Waals surface area contributed by atoms with E-state index < -0.39 is 0 Å². The average Bonchev–Trinajstić information content (AvgIpc) is 2.42. The monoisotopic (exact) mass is 265 g/mol. The Balaban J connectivity index is 2.49. The maximum Gasteiger partial charge on any atom is 0.119 e. The molecule has 3 nitrogen and oxygen atoms in total. The second kappa shape index (κ2) is 7.51. The van der Waals surface area contributed by atoms with Gasteiger partial charge in [0.05, 0.1) is 12.2 Å². The van der Waals surface area contributed by atoms with Crippen LogP contribution in [-0.2, 0) is 4.74 Å². The summed E-state index contributed by atoms with van der Waals surface area (Å²) < 4.78 is 11.1. The number of nitrogens with one attached hydrogen (secondary N) is 1. The average molecular weight is 265 g/mol. The maximum atomic E-state index is 5.75. The molecule has 0 saturated heterocycles. The zero-order valence-electron chi connectivity index (χ0n) is 12.8. The number of hydrogen-bond donors (Lipinski definition) is 1. The zero-order valence-corrected chi connectivity index (χ0v) is 12.8. The second-order valence-electron chi connectivity index (χ2n) is 5.38.